The first-order valence-corrected chi connectivity index (χ1v) is 5.52. The molecule has 17 heavy (non-hydrogen) atoms. The summed E-state index contributed by atoms with van der Waals surface area (Å²) in [7, 11) is 0. The smallest absolute Gasteiger partial charge is 0.251 e. The van der Waals surface area contributed by atoms with E-state index in [2.05, 4.69) is 10.3 Å². The van der Waals surface area contributed by atoms with Crippen LogP contribution in [0.5, 0.6) is 0 Å². The quantitative estimate of drug-likeness (QED) is 0.786. The Bertz CT molecular complexity index is 406. The van der Waals surface area contributed by atoms with Crippen molar-refractivity contribution in [1.82, 2.24) is 4.98 Å². The number of halogens is 3. The number of aliphatic hydroxyl groups is 1. The van der Waals surface area contributed by atoms with Crippen LogP contribution < -0.4 is 5.32 Å². The van der Waals surface area contributed by atoms with E-state index in [4.69, 9.17) is 0 Å². The second-order valence-corrected chi connectivity index (χ2v) is 4.24. The molecule has 2 N–H and O–H groups in total. The van der Waals surface area contributed by atoms with Crippen LogP contribution >= 0.6 is 0 Å². The largest absolute Gasteiger partial charge is 0.393 e. The molecule has 2 rings (SSSR count). The van der Waals surface area contributed by atoms with E-state index in [1.807, 2.05) is 0 Å². The van der Waals surface area contributed by atoms with Crippen molar-refractivity contribution in [2.45, 2.75) is 37.8 Å². The van der Waals surface area contributed by atoms with Crippen LogP contribution in [0.25, 0.3) is 0 Å². The van der Waals surface area contributed by atoms with Gasteiger partial charge in [0.25, 0.3) is 5.95 Å². The molecular formula is C11H13F3N2O. The minimum atomic E-state index is -1.32. The van der Waals surface area contributed by atoms with Gasteiger partial charge in [-0.05, 0) is 25.7 Å². The first kappa shape index (κ1) is 12.2. The highest BCUT2D eigenvalue weighted by atomic mass is 19.2. The standard InChI is InChI=1S/C11H13F3N2O/c12-8-5-9(13)11(16-10(8)14)15-6-1-3-7(17)4-2-6/h5-7,17H,1-4H2,(H,15,16). The highest BCUT2D eigenvalue weighted by molar-refractivity contribution is 5.37. The first-order valence-electron chi connectivity index (χ1n) is 5.52. The number of nitrogens with one attached hydrogen (secondary N) is 1. The van der Waals surface area contributed by atoms with Crippen LogP contribution in [0.3, 0.4) is 0 Å². The summed E-state index contributed by atoms with van der Waals surface area (Å²) in [6.07, 6.45) is 2.21. The normalized spacial score (nSPS) is 24.7. The van der Waals surface area contributed by atoms with E-state index in [0.29, 0.717) is 31.7 Å². The summed E-state index contributed by atoms with van der Waals surface area (Å²) in [6, 6.07) is 0.410. The maximum atomic E-state index is 13.3. The van der Waals surface area contributed by atoms with Gasteiger partial charge in [-0.15, -0.1) is 0 Å². The number of rotatable bonds is 2. The van der Waals surface area contributed by atoms with E-state index in [1.165, 1.54) is 0 Å². The molecular weight excluding hydrogens is 233 g/mol. The molecule has 94 valence electrons. The van der Waals surface area contributed by atoms with Crippen molar-refractivity contribution in [2.75, 3.05) is 5.32 Å². The number of anilines is 1. The zero-order chi connectivity index (χ0) is 12.4. The van der Waals surface area contributed by atoms with E-state index in [9.17, 15) is 18.3 Å². The van der Waals surface area contributed by atoms with Gasteiger partial charge in [-0.25, -0.2) is 8.78 Å². The third kappa shape index (κ3) is 2.88. The summed E-state index contributed by atoms with van der Waals surface area (Å²) in [5, 5.41) is 12.0. The van der Waals surface area contributed by atoms with Gasteiger partial charge >= 0.3 is 0 Å². The van der Waals surface area contributed by atoms with Crippen LogP contribution in [0.1, 0.15) is 25.7 Å². The average Bonchev–Trinajstić information content (AvgIpc) is 2.29. The van der Waals surface area contributed by atoms with Gasteiger partial charge in [-0.3, -0.25) is 0 Å². The van der Waals surface area contributed by atoms with Crippen molar-refractivity contribution in [1.29, 1.82) is 0 Å². The predicted octanol–water partition coefficient (Wildman–Crippen LogP) is 2.21. The average molecular weight is 246 g/mol. The molecule has 1 aromatic rings. The van der Waals surface area contributed by atoms with Crippen molar-refractivity contribution >= 4 is 5.82 Å². The van der Waals surface area contributed by atoms with Crippen LogP contribution in [-0.4, -0.2) is 22.2 Å². The Hall–Kier alpha value is -1.30. The Morgan fingerprint density at radius 1 is 1.12 bits per heavy atom. The fourth-order valence-corrected chi connectivity index (χ4v) is 1.96. The van der Waals surface area contributed by atoms with Crippen LogP contribution in [-0.2, 0) is 0 Å². The van der Waals surface area contributed by atoms with Crippen LogP contribution in [0, 0.1) is 17.6 Å². The lowest BCUT2D eigenvalue weighted by Crippen LogP contribution is -2.29. The fourth-order valence-electron chi connectivity index (χ4n) is 1.96. The lowest BCUT2D eigenvalue weighted by molar-refractivity contribution is 0.126. The highest BCUT2D eigenvalue weighted by Gasteiger charge is 2.21. The molecule has 0 spiro atoms. The molecule has 0 atom stereocenters. The summed E-state index contributed by atoms with van der Waals surface area (Å²) >= 11 is 0. The second kappa shape index (κ2) is 4.91. The molecule has 0 unspecified atom stereocenters. The van der Waals surface area contributed by atoms with Crippen molar-refractivity contribution in [2.24, 2.45) is 0 Å². The molecule has 1 aliphatic rings. The Morgan fingerprint density at radius 2 is 1.76 bits per heavy atom. The number of aromatic nitrogens is 1. The molecule has 1 heterocycles. The molecule has 1 fully saturated rings. The van der Waals surface area contributed by atoms with Crippen LogP contribution in [0.4, 0.5) is 19.0 Å². The topological polar surface area (TPSA) is 45.1 Å². The monoisotopic (exact) mass is 246 g/mol. The number of nitrogens with zero attached hydrogens (tertiary/aromatic N) is 1. The Kier molecular flexibility index (Phi) is 3.51. The molecule has 0 saturated heterocycles. The lowest BCUT2D eigenvalue weighted by atomic mass is 9.93. The van der Waals surface area contributed by atoms with Gasteiger partial charge in [0.2, 0.25) is 0 Å². The maximum Gasteiger partial charge on any atom is 0.251 e. The van der Waals surface area contributed by atoms with Gasteiger partial charge in [-0.2, -0.15) is 9.37 Å². The molecule has 0 aromatic carbocycles. The molecule has 1 aromatic heterocycles. The van der Waals surface area contributed by atoms with E-state index in [0.717, 1.165) is 0 Å². The Balaban J connectivity index is 2.06. The summed E-state index contributed by atoms with van der Waals surface area (Å²) < 4.78 is 38.8. The predicted molar refractivity (Wildman–Crippen MR) is 56.0 cm³/mol. The SMILES string of the molecule is OC1CCC(Nc2nc(F)c(F)cc2F)CC1. The third-order valence-electron chi connectivity index (χ3n) is 2.92. The molecule has 1 aliphatic carbocycles. The van der Waals surface area contributed by atoms with Gasteiger partial charge in [0.1, 0.15) is 0 Å². The Morgan fingerprint density at radius 3 is 2.41 bits per heavy atom. The lowest BCUT2D eigenvalue weighted by Gasteiger charge is -2.26. The zero-order valence-corrected chi connectivity index (χ0v) is 9.09. The highest BCUT2D eigenvalue weighted by Crippen LogP contribution is 2.23. The zero-order valence-electron chi connectivity index (χ0n) is 9.09. The minimum Gasteiger partial charge on any atom is -0.393 e. The molecule has 1 saturated carbocycles. The van der Waals surface area contributed by atoms with Crippen LogP contribution in [0.2, 0.25) is 0 Å². The van der Waals surface area contributed by atoms with E-state index in [-0.39, 0.29) is 18.0 Å². The van der Waals surface area contributed by atoms with Gasteiger partial charge in [-0.1, -0.05) is 0 Å². The number of hydrogen-bond donors (Lipinski definition) is 2. The van der Waals surface area contributed by atoms with Crippen molar-refractivity contribution in [3.8, 4) is 0 Å². The minimum absolute atomic E-state index is 0.0646. The van der Waals surface area contributed by atoms with Gasteiger partial charge in [0.05, 0.1) is 6.10 Å². The van der Waals surface area contributed by atoms with E-state index in [1.54, 1.807) is 0 Å². The molecule has 0 aliphatic heterocycles. The molecule has 0 amide bonds. The number of pyridine rings is 1. The number of aliphatic hydroxyl groups excluding tert-OH is 1. The molecule has 3 nitrogen and oxygen atoms in total. The van der Waals surface area contributed by atoms with Gasteiger partial charge in [0, 0.05) is 12.1 Å². The summed E-state index contributed by atoms with van der Waals surface area (Å²) in [5.41, 5.74) is 0. The molecule has 6 heteroatoms. The first-order chi connectivity index (χ1) is 8.06. The summed E-state index contributed by atoms with van der Waals surface area (Å²) in [6.45, 7) is 0. The molecule has 0 radical (unpaired) electrons. The molecule has 0 bridgehead atoms. The summed E-state index contributed by atoms with van der Waals surface area (Å²) in [5.74, 6) is -3.79. The van der Waals surface area contributed by atoms with E-state index < -0.39 is 17.6 Å². The maximum absolute atomic E-state index is 13.3. The number of hydrogen-bond acceptors (Lipinski definition) is 3. The van der Waals surface area contributed by atoms with Gasteiger partial charge < -0.3 is 10.4 Å². The van der Waals surface area contributed by atoms with E-state index >= 15 is 0 Å². The van der Waals surface area contributed by atoms with Crippen molar-refractivity contribution < 1.29 is 18.3 Å². The summed E-state index contributed by atoms with van der Waals surface area (Å²) in [4.78, 5) is 3.20. The second-order valence-electron chi connectivity index (χ2n) is 4.24. The van der Waals surface area contributed by atoms with Crippen LogP contribution in [0.15, 0.2) is 6.07 Å². The van der Waals surface area contributed by atoms with Crippen molar-refractivity contribution in [3.63, 3.8) is 0 Å². The van der Waals surface area contributed by atoms with Gasteiger partial charge in [0.15, 0.2) is 17.5 Å². The Labute approximate surface area is 96.7 Å². The fraction of sp³-hybridized carbons (Fsp3) is 0.545. The van der Waals surface area contributed by atoms with Crippen molar-refractivity contribution in [3.05, 3.63) is 23.6 Å². The third-order valence-corrected chi connectivity index (χ3v) is 2.92.